The number of nitrogens with one attached hydrogen (secondary N) is 2. The standard InChI is InChI=1S/C16H14N2O6S2/c19-12(20)6-5-10(15(22)23)17-13(21)9-3-1-8(2-4-9)7-11-14(25)18-16(24)26-11/h1-4,7,10H,5-6H2,(H,17,21)(H,19,20)(H,22,23)(H,18,24,25)/b11-7-/t10-/m1/s1. The van der Waals surface area contributed by atoms with Crippen LogP contribution in [0.15, 0.2) is 29.2 Å². The second-order valence-electron chi connectivity index (χ2n) is 5.27. The van der Waals surface area contributed by atoms with Crippen molar-refractivity contribution in [3.05, 3.63) is 40.3 Å². The maximum absolute atomic E-state index is 12.1. The van der Waals surface area contributed by atoms with Gasteiger partial charge in [-0.3, -0.25) is 14.4 Å². The van der Waals surface area contributed by atoms with Crippen LogP contribution in [0.1, 0.15) is 28.8 Å². The number of carboxylic acids is 2. The van der Waals surface area contributed by atoms with E-state index in [1.54, 1.807) is 18.2 Å². The van der Waals surface area contributed by atoms with Gasteiger partial charge < -0.3 is 20.8 Å². The molecule has 0 saturated carbocycles. The Morgan fingerprint density at radius 2 is 1.88 bits per heavy atom. The van der Waals surface area contributed by atoms with Crippen molar-refractivity contribution in [3.8, 4) is 0 Å². The van der Waals surface area contributed by atoms with E-state index in [-0.39, 0.29) is 23.6 Å². The molecule has 1 aromatic rings. The van der Waals surface area contributed by atoms with Gasteiger partial charge in [-0.2, -0.15) is 0 Å². The predicted octanol–water partition coefficient (Wildman–Crippen LogP) is 1.86. The molecular formula is C16H14N2O6S2. The number of rotatable bonds is 7. The van der Waals surface area contributed by atoms with Crippen LogP contribution < -0.4 is 10.6 Å². The first kappa shape index (κ1) is 19.6. The van der Waals surface area contributed by atoms with E-state index in [9.17, 15) is 19.2 Å². The Kier molecular flexibility index (Phi) is 6.47. The predicted molar refractivity (Wildman–Crippen MR) is 98.9 cm³/mol. The largest absolute Gasteiger partial charge is 0.481 e. The lowest BCUT2D eigenvalue weighted by molar-refractivity contribution is -0.140. The second kappa shape index (κ2) is 8.59. The number of hydrogen-bond donors (Lipinski definition) is 4. The molecule has 4 N–H and O–H groups in total. The van der Waals surface area contributed by atoms with Crippen LogP contribution in [0.3, 0.4) is 0 Å². The zero-order valence-electron chi connectivity index (χ0n) is 13.2. The van der Waals surface area contributed by atoms with Gasteiger partial charge in [-0.15, -0.1) is 0 Å². The second-order valence-corrected chi connectivity index (χ2v) is 6.69. The normalized spacial score (nSPS) is 16.2. The molecule has 0 bridgehead atoms. The van der Waals surface area contributed by atoms with E-state index in [1.807, 2.05) is 0 Å². The zero-order chi connectivity index (χ0) is 19.3. The smallest absolute Gasteiger partial charge is 0.326 e. The lowest BCUT2D eigenvalue weighted by Crippen LogP contribution is -2.41. The molecule has 1 heterocycles. The van der Waals surface area contributed by atoms with Gasteiger partial charge in [0.25, 0.3) is 11.1 Å². The highest BCUT2D eigenvalue weighted by atomic mass is 32.2. The Balaban J connectivity index is 2.04. The summed E-state index contributed by atoms with van der Waals surface area (Å²) in [5.74, 6) is -3.06. The Labute approximate surface area is 157 Å². The molecule has 1 fully saturated rings. The van der Waals surface area contributed by atoms with Crippen LogP contribution in [0.5, 0.6) is 0 Å². The van der Waals surface area contributed by atoms with Crippen molar-refractivity contribution in [2.75, 3.05) is 0 Å². The van der Waals surface area contributed by atoms with Crippen molar-refractivity contribution in [2.45, 2.75) is 18.9 Å². The number of carbonyl (C=O) groups excluding carboxylic acids is 2. The first-order chi connectivity index (χ1) is 12.3. The Bertz CT molecular complexity index is 803. The minimum atomic E-state index is -1.30. The lowest BCUT2D eigenvalue weighted by Gasteiger charge is -2.13. The summed E-state index contributed by atoms with van der Waals surface area (Å²) >= 11 is 5.99. The van der Waals surface area contributed by atoms with Crippen LogP contribution in [0.25, 0.3) is 6.08 Å². The summed E-state index contributed by atoms with van der Waals surface area (Å²) in [7, 11) is 0. The van der Waals surface area contributed by atoms with Gasteiger partial charge >= 0.3 is 11.9 Å². The Hall–Kier alpha value is -2.72. The highest BCUT2D eigenvalue weighted by molar-refractivity contribution is 8.19. The number of amides is 2. The SMILES string of the molecule is O=C(O)CC[C@@H](NC(=O)c1ccc(/C=C2\SC(=O)NC2=S)cc1)C(=O)O. The molecule has 1 aliphatic heterocycles. The van der Waals surface area contributed by atoms with E-state index >= 15 is 0 Å². The molecule has 8 nitrogen and oxygen atoms in total. The molecule has 2 rings (SSSR count). The first-order valence-electron chi connectivity index (χ1n) is 7.36. The quantitative estimate of drug-likeness (QED) is 0.407. The lowest BCUT2D eigenvalue weighted by atomic mass is 10.1. The molecule has 1 aliphatic rings. The molecule has 26 heavy (non-hydrogen) atoms. The monoisotopic (exact) mass is 394 g/mol. The first-order valence-corrected chi connectivity index (χ1v) is 8.59. The summed E-state index contributed by atoms with van der Waals surface area (Å²) < 4.78 is 0. The van der Waals surface area contributed by atoms with Gasteiger partial charge in [0.1, 0.15) is 11.0 Å². The number of carboxylic acid groups (broad SMARTS) is 2. The summed E-state index contributed by atoms with van der Waals surface area (Å²) in [6.45, 7) is 0. The molecule has 0 aromatic heterocycles. The number of aliphatic carboxylic acids is 2. The molecule has 1 atom stereocenters. The van der Waals surface area contributed by atoms with Crippen molar-refractivity contribution in [3.63, 3.8) is 0 Å². The van der Waals surface area contributed by atoms with Crippen molar-refractivity contribution < 1.29 is 29.4 Å². The molecule has 0 aliphatic carbocycles. The molecule has 1 aromatic carbocycles. The van der Waals surface area contributed by atoms with Crippen LogP contribution in [-0.2, 0) is 9.59 Å². The summed E-state index contributed by atoms with van der Waals surface area (Å²) in [6.07, 6.45) is 1.11. The number of benzene rings is 1. The number of thiocarbonyl (C=S) groups is 1. The van der Waals surface area contributed by atoms with Crippen LogP contribution in [0.2, 0.25) is 0 Å². The topological polar surface area (TPSA) is 133 Å². The fraction of sp³-hybridized carbons (Fsp3) is 0.188. The average molecular weight is 394 g/mol. The van der Waals surface area contributed by atoms with Crippen molar-refractivity contribution >= 4 is 58.1 Å². The summed E-state index contributed by atoms with van der Waals surface area (Å²) in [5, 5.41) is 22.2. The van der Waals surface area contributed by atoms with Gasteiger partial charge in [0, 0.05) is 12.0 Å². The number of carbonyl (C=O) groups is 4. The maximum Gasteiger partial charge on any atom is 0.326 e. The van der Waals surface area contributed by atoms with E-state index in [2.05, 4.69) is 10.6 Å². The van der Waals surface area contributed by atoms with Gasteiger partial charge in [0.05, 0.1) is 4.91 Å². The third kappa shape index (κ3) is 5.39. The molecule has 0 spiro atoms. The minimum Gasteiger partial charge on any atom is -0.481 e. The molecule has 0 radical (unpaired) electrons. The van der Waals surface area contributed by atoms with Crippen molar-refractivity contribution in [1.29, 1.82) is 0 Å². The third-order valence-corrected chi connectivity index (χ3v) is 4.64. The van der Waals surface area contributed by atoms with Crippen molar-refractivity contribution in [2.24, 2.45) is 0 Å². The molecule has 10 heteroatoms. The van der Waals surface area contributed by atoms with Gasteiger partial charge in [-0.1, -0.05) is 24.4 Å². The Morgan fingerprint density at radius 3 is 2.38 bits per heavy atom. The van der Waals surface area contributed by atoms with Gasteiger partial charge in [-0.25, -0.2) is 4.79 Å². The summed E-state index contributed by atoms with van der Waals surface area (Å²) in [5.41, 5.74) is 0.938. The van der Waals surface area contributed by atoms with Crippen molar-refractivity contribution in [1.82, 2.24) is 10.6 Å². The molecule has 0 unspecified atom stereocenters. The third-order valence-electron chi connectivity index (χ3n) is 3.36. The highest BCUT2D eigenvalue weighted by Gasteiger charge is 2.22. The van der Waals surface area contributed by atoms with E-state index in [0.29, 0.717) is 15.5 Å². The van der Waals surface area contributed by atoms with E-state index < -0.39 is 23.9 Å². The van der Waals surface area contributed by atoms with Crippen LogP contribution in [0.4, 0.5) is 4.79 Å². The average Bonchev–Trinajstić information content (AvgIpc) is 2.88. The van der Waals surface area contributed by atoms with Gasteiger partial charge in [-0.05, 0) is 42.0 Å². The molecule has 2 amide bonds. The Morgan fingerprint density at radius 1 is 1.23 bits per heavy atom. The van der Waals surface area contributed by atoms with E-state index in [1.165, 1.54) is 12.1 Å². The molecule has 1 saturated heterocycles. The summed E-state index contributed by atoms with van der Waals surface area (Å²) in [4.78, 5) is 46.0. The highest BCUT2D eigenvalue weighted by Crippen LogP contribution is 2.26. The maximum atomic E-state index is 12.1. The van der Waals surface area contributed by atoms with Gasteiger partial charge in [0.2, 0.25) is 0 Å². The number of hydrogen-bond acceptors (Lipinski definition) is 6. The van der Waals surface area contributed by atoms with E-state index in [4.69, 9.17) is 22.4 Å². The fourth-order valence-corrected chi connectivity index (χ4v) is 3.10. The molecule has 136 valence electrons. The van der Waals surface area contributed by atoms with Crippen LogP contribution in [0, 0.1) is 0 Å². The fourth-order valence-electron chi connectivity index (χ4n) is 2.07. The van der Waals surface area contributed by atoms with Crippen LogP contribution >= 0.6 is 24.0 Å². The minimum absolute atomic E-state index is 0.212. The summed E-state index contributed by atoms with van der Waals surface area (Å²) in [6, 6.07) is 4.96. The zero-order valence-corrected chi connectivity index (χ0v) is 14.9. The van der Waals surface area contributed by atoms with Crippen LogP contribution in [-0.4, -0.2) is 44.3 Å². The van der Waals surface area contributed by atoms with Gasteiger partial charge in [0.15, 0.2) is 0 Å². The molecular weight excluding hydrogens is 380 g/mol. The van der Waals surface area contributed by atoms with E-state index in [0.717, 1.165) is 11.8 Å². The number of thioether (sulfide) groups is 1.